The molecule has 0 spiro atoms. The zero-order valence-electron chi connectivity index (χ0n) is 11.6. The molecule has 0 aromatic heterocycles. The maximum absolute atomic E-state index is 14.0. The van der Waals surface area contributed by atoms with Crippen LogP contribution in [-0.2, 0) is 4.74 Å². The molecule has 2 atom stereocenters. The number of rotatable bonds is 4. The normalized spacial score (nSPS) is 21.2. The summed E-state index contributed by atoms with van der Waals surface area (Å²) in [5, 5.41) is 9.44. The number of benzene rings is 1. The van der Waals surface area contributed by atoms with Crippen molar-refractivity contribution in [2.45, 2.75) is 25.9 Å². The number of anilines is 1. The summed E-state index contributed by atoms with van der Waals surface area (Å²) in [7, 11) is 1.90. The van der Waals surface area contributed by atoms with Crippen LogP contribution in [0.1, 0.15) is 31.4 Å². The highest BCUT2D eigenvalue weighted by atomic mass is 19.1. The van der Waals surface area contributed by atoms with Gasteiger partial charge in [-0.2, -0.15) is 0 Å². The highest BCUT2D eigenvalue weighted by molar-refractivity contribution is 5.48. The lowest BCUT2D eigenvalue weighted by molar-refractivity contribution is 0.0576. The van der Waals surface area contributed by atoms with E-state index in [0.29, 0.717) is 17.2 Å². The lowest BCUT2D eigenvalue weighted by Gasteiger charge is -2.28. The average Bonchev–Trinajstić information content (AvgIpc) is 2.39. The fraction of sp³-hybridized carbons (Fsp3) is 0.600. The Kier molecular flexibility index (Phi) is 4.77. The van der Waals surface area contributed by atoms with Gasteiger partial charge in [-0.25, -0.2) is 4.39 Å². The lowest BCUT2D eigenvalue weighted by atomic mass is 10.0. The monoisotopic (exact) mass is 267 g/mol. The molecule has 1 N–H and O–H groups in total. The zero-order chi connectivity index (χ0) is 13.8. The first kappa shape index (κ1) is 14.3. The van der Waals surface area contributed by atoms with Gasteiger partial charge in [0.15, 0.2) is 0 Å². The van der Waals surface area contributed by atoms with Gasteiger partial charge in [0.25, 0.3) is 0 Å². The van der Waals surface area contributed by atoms with Crippen molar-refractivity contribution in [2.75, 3.05) is 31.7 Å². The smallest absolute Gasteiger partial charge is 0.146 e. The second kappa shape index (κ2) is 6.35. The van der Waals surface area contributed by atoms with Crippen molar-refractivity contribution in [2.24, 2.45) is 5.92 Å². The second-order valence-corrected chi connectivity index (χ2v) is 5.35. The van der Waals surface area contributed by atoms with Gasteiger partial charge in [-0.15, -0.1) is 0 Å². The fourth-order valence-corrected chi connectivity index (χ4v) is 2.53. The first-order valence-corrected chi connectivity index (χ1v) is 6.84. The van der Waals surface area contributed by atoms with Crippen molar-refractivity contribution in [1.82, 2.24) is 0 Å². The van der Waals surface area contributed by atoms with Crippen molar-refractivity contribution >= 4 is 5.69 Å². The largest absolute Gasteiger partial charge is 0.389 e. The maximum Gasteiger partial charge on any atom is 0.146 e. The van der Waals surface area contributed by atoms with Crippen molar-refractivity contribution in [1.29, 1.82) is 0 Å². The van der Waals surface area contributed by atoms with E-state index in [4.69, 9.17) is 4.74 Å². The third-order valence-corrected chi connectivity index (χ3v) is 3.65. The van der Waals surface area contributed by atoms with E-state index >= 15 is 0 Å². The Morgan fingerprint density at radius 1 is 1.53 bits per heavy atom. The van der Waals surface area contributed by atoms with Gasteiger partial charge in [-0.3, -0.25) is 0 Å². The summed E-state index contributed by atoms with van der Waals surface area (Å²) in [5.74, 6) is 0.187. The Morgan fingerprint density at radius 2 is 2.32 bits per heavy atom. The van der Waals surface area contributed by atoms with Gasteiger partial charge in [0, 0.05) is 20.2 Å². The highest BCUT2D eigenvalue weighted by Crippen LogP contribution is 2.24. The number of hydrogen-bond donors (Lipinski definition) is 1. The summed E-state index contributed by atoms with van der Waals surface area (Å²) in [5.41, 5.74) is 1.19. The van der Waals surface area contributed by atoms with Crippen LogP contribution in [0.25, 0.3) is 0 Å². The summed E-state index contributed by atoms with van der Waals surface area (Å²) >= 11 is 0. The summed E-state index contributed by atoms with van der Waals surface area (Å²) in [6.45, 7) is 4.04. The van der Waals surface area contributed by atoms with Gasteiger partial charge in [0.2, 0.25) is 0 Å². The minimum absolute atomic E-state index is 0.280. The minimum atomic E-state index is -0.638. The Labute approximate surface area is 114 Å². The third-order valence-electron chi connectivity index (χ3n) is 3.65. The number of halogens is 1. The molecule has 0 aliphatic carbocycles. The van der Waals surface area contributed by atoms with E-state index in [1.165, 1.54) is 6.07 Å². The average molecular weight is 267 g/mol. The molecule has 0 radical (unpaired) electrons. The molecule has 2 rings (SSSR count). The van der Waals surface area contributed by atoms with Crippen LogP contribution < -0.4 is 4.90 Å². The molecule has 106 valence electrons. The molecule has 0 saturated carbocycles. The summed E-state index contributed by atoms with van der Waals surface area (Å²) < 4.78 is 19.5. The molecule has 1 aromatic carbocycles. The van der Waals surface area contributed by atoms with E-state index in [1.54, 1.807) is 19.1 Å². The predicted molar refractivity (Wildman–Crippen MR) is 73.8 cm³/mol. The Balaban J connectivity index is 2.03. The first-order valence-electron chi connectivity index (χ1n) is 6.84. The Morgan fingerprint density at radius 3 is 2.89 bits per heavy atom. The maximum atomic E-state index is 14.0. The molecule has 1 aliphatic heterocycles. The van der Waals surface area contributed by atoms with Crippen LogP contribution in [0.5, 0.6) is 0 Å². The van der Waals surface area contributed by atoms with E-state index in [-0.39, 0.29) is 5.82 Å². The van der Waals surface area contributed by atoms with Gasteiger partial charge in [0.05, 0.1) is 18.4 Å². The van der Waals surface area contributed by atoms with Crippen LogP contribution in [0.4, 0.5) is 10.1 Å². The van der Waals surface area contributed by atoms with E-state index in [9.17, 15) is 9.50 Å². The zero-order valence-corrected chi connectivity index (χ0v) is 11.6. The minimum Gasteiger partial charge on any atom is -0.389 e. The van der Waals surface area contributed by atoms with Gasteiger partial charge in [-0.1, -0.05) is 6.07 Å². The van der Waals surface area contributed by atoms with E-state index in [1.807, 2.05) is 11.9 Å². The molecule has 19 heavy (non-hydrogen) atoms. The fourth-order valence-electron chi connectivity index (χ4n) is 2.53. The van der Waals surface area contributed by atoms with Gasteiger partial charge < -0.3 is 14.7 Å². The van der Waals surface area contributed by atoms with E-state index in [2.05, 4.69) is 0 Å². The Bertz CT molecular complexity index is 417. The van der Waals surface area contributed by atoms with Crippen LogP contribution >= 0.6 is 0 Å². The molecule has 1 aromatic rings. The molecule has 1 saturated heterocycles. The van der Waals surface area contributed by atoms with Gasteiger partial charge in [-0.05, 0) is 43.4 Å². The number of aliphatic hydroxyl groups excluding tert-OH is 1. The van der Waals surface area contributed by atoms with Crippen LogP contribution in [0.2, 0.25) is 0 Å². The molecule has 4 heteroatoms. The summed E-state index contributed by atoms with van der Waals surface area (Å²) in [6, 6.07) is 4.92. The standard InChI is InChI=1S/C15H22FNO2/c1-11(18)13-5-6-15(14(16)8-13)17(2)9-12-4-3-7-19-10-12/h5-6,8,11-12,18H,3-4,7,9-10H2,1-2H3/t11-,12?/m0/s1. The predicted octanol–water partition coefficient (Wildman–Crippen LogP) is 2.74. The summed E-state index contributed by atoms with van der Waals surface area (Å²) in [4.78, 5) is 1.93. The van der Waals surface area contributed by atoms with Crippen LogP contribution in [-0.4, -0.2) is 31.9 Å². The summed E-state index contributed by atoms with van der Waals surface area (Å²) in [6.07, 6.45) is 1.58. The molecule has 1 fully saturated rings. The van der Waals surface area contributed by atoms with Crippen LogP contribution in [0, 0.1) is 11.7 Å². The SMILES string of the molecule is C[C@H](O)c1ccc(N(C)CC2CCCOC2)c(F)c1. The van der Waals surface area contributed by atoms with Gasteiger partial charge >= 0.3 is 0 Å². The quantitative estimate of drug-likeness (QED) is 0.910. The number of aliphatic hydroxyl groups is 1. The van der Waals surface area contributed by atoms with Crippen LogP contribution in [0.15, 0.2) is 18.2 Å². The van der Waals surface area contributed by atoms with Crippen molar-refractivity contribution < 1.29 is 14.2 Å². The molecule has 3 nitrogen and oxygen atoms in total. The topological polar surface area (TPSA) is 32.7 Å². The van der Waals surface area contributed by atoms with Crippen LogP contribution in [0.3, 0.4) is 0 Å². The molecule has 1 aliphatic rings. The van der Waals surface area contributed by atoms with E-state index in [0.717, 1.165) is 32.6 Å². The number of nitrogens with zero attached hydrogens (tertiary/aromatic N) is 1. The van der Waals surface area contributed by atoms with Crippen molar-refractivity contribution in [3.05, 3.63) is 29.6 Å². The first-order chi connectivity index (χ1) is 9.08. The van der Waals surface area contributed by atoms with E-state index < -0.39 is 6.10 Å². The number of ether oxygens (including phenoxy) is 1. The highest BCUT2D eigenvalue weighted by Gasteiger charge is 2.18. The van der Waals surface area contributed by atoms with Crippen molar-refractivity contribution in [3.63, 3.8) is 0 Å². The molecule has 1 heterocycles. The molecule has 0 amide bonds. The molecule has 1 unspecified atom stereocenters. The molecule has 0 bridgehead atoms. The van der Waals surface area contributed by atoms with Gasteiger partial charge in [0.1, 0.15) is 5.82 Å². The molecular formula is C15H22FNO2. The third kappa shape index (κ3) is 3.67. The second-order valence-electron chi connectivity index (χ2n) is 5.35. The molecular weight excluding hydrogens is 245 g/mol. The Hall–Kier alpha value is -1.13. The lowest BCUT2D eigenvalue weighted by Crippen LogP contribution is -2.31. The van der Waals surface area contributed by atoms with Crippen molar-refractivity contribution in [3.8, 4) is 0 Å². The number of hydrogen-bond acceptors (Lipinski definition) is 3.